The van der Waals surface area contributed by atoms with Crippen molar-refractivity contribution in [2.75, 3.05) is 18.5 Å². The van der Waals surface area contributed by atoms with E-state index in [2.05, 4.69) is 34.1 Å². The fourth-order valence-corrected chi connectivity index (χ4v) is 4.10. The van der Waals surface area contributed by atoms with E-state index in [4.69, 9.17) is 16.3 Å². The Hall–Kier alpha value is -2.09. The highest BCUT2D eigenvalue weighted by Gasteiger charge is 2.37. The van der Waals surface area contributed by atoms with Gasteiger partial charge in [0.05, 0.1) is 35.7 Å². The second-order valence-corrected chi connectivity index (χ2v) is 8.22. The van der Waals surface area contributed by atoms with Gasteiger partial charge in [0.2, 0.25) is 5.95 Å². The minimum atomic E-state index is -0.644. The maximum Gasteiger partial charge on any atom is 0.223 e. The molecule has 8 heteroatoms. The lowest BCUT2D eigenvalue weighted by atomic mass is 9.77. The van der Waals surface area contributed by atoms with Gasteiger partial charge in [-0.1, -0.05) is 25.4 Å². The number of ether oxygens (including phenoxy) is 1. The summed E-state index contributed by atoms with van der Waals surface area (Å²) < 4.78 is 20.1. The monoisotopic (exact) mass is 418 g/mol. The second kappa shape index (κ2) is 7.63. The molecular formula is C21H24ClFN4O2. The third kappa shape index (κ3) is 3.52. The van der Waals surface area contributed by atoms with Crippen molar-refractivity contribution in [1.82, 2.24) is 9.97 Å². The van der Waals surface area contributed by atoms with Crippen LogP contribution >= 0.6 is 11.6 Å². The SMILES string of the molecule is CC[C@@]1(C)C(C)=Nc2c(F)cc(-c3nc(N[C@@H]4CCOC[C@H]4O)ncc3Cl)cc21. The van der Waals surface area contributed by atoms with Crippen LogP contribution in [0.2, 0.25) is 5.02 Å². The summed E-state index contributed by atoms with van der Waals surface area (Å²) in [5, 5.41) is 13.6. The van der Waals surface area contributed by atoms with Crippen molar-refractivity contribution in [3.63, 3.8) is 0 Å². The van der Waals surface area contributed by atoms with Crippen LogP contribution in [0.4, 0.5) is 16.0 Å². The number of hydrogen-bond acceptors (Lipinski definition) is 6. The Bertz CT molecular complexity index is 983. The van der Waals surface area contributed by atoms with Gasteiger partial charge in [-0.05, 0) is 37.5 Å². The molecule has 1 saturated heterocycles. The molecule has 0 bridgehead atoms. The van der Waals surface area contributed by atoms with Crippen molar-refractivity contribution >= 4 is 28.9 Å². The van der Waals surface area contributed by atoms with Crippen molar-refractivity contribution < 1.29 is 14.2 Å². The highest BCUT2D eigenvalue weighted by molar-refractivity contribution is 6.32. The zero-order valence-electron chi connectivity index (χ0n) is 16.7. The van der Waals surface area contributed by atoms with Crippen molar-refractivity contribution in [3.05, 3.63) is 34.7 Å². The summed E-state index contributed by atoms with van der Waals surface area (Å²) in [6, 6.07) is 3.12. The van der Waals surface area contributed by atoms with Gasteiger partial charge in [-0.2, -0.15) is 0 Å². The van der Waals surface area contributed by atoms with E-state index in [1.807, 2.05) is 13.0 Å². The van der Waals surface area contributed by atoms with Gasteiger partial charge in [-0.25, -0.2) is 14.4 Å². The zero-order valence-corrected chi connectivity index (χ0v) is 17.4. The first-order valence-electron chi connectivity index (χ1n) is 9.78. The van der Waals surface area contributed by atoms with Gasteiger partial charge in [0, 0.05) is 23.3 Å². The van der Waals surface area contributed by atoms with Crippen LogP contribution in [0.25, 0.3) is 11.3 Å². The Morgan fingerprint density at radius 3 is 2.93 bits per heavy atom. The number of aliphatic hydroxyl groups excluding tert-OH is 1. The predicted molar refractivity (Wildman–Crippen MR) is 112 cm³/mol. The van der Waals surface area contributed by atoms with Crippen LogP contribution in [-0.2, 0) is 10.2 Å². The summed E-state index contributed by atoms with van der Waals surface area (Å²) >= 11 is 6.37. The Balaban J connectivity index is 1.72. The smallest absolute Gasteiger partial charge is 0.223 e. The van der Waals surface area contributed by atoms with Crippen LogP contribution < -0.4 is 5.32 Å². The maximum atomic E-state index is 14.9. The highest BCUT2D eigenvalue weighted by atomic mass is 35.5. The molecule has 3 heterocycles. The third-order valence-electron chi connectivity index (χ3n) is 6.10. The molecule has 1 aromatic heterocycles. The number of benzene rings is 1. The summed E-state index contributed by atoms with van der Waals surface area (Å²) in [7, 11) is 0. The summed E-state index contributed by atoms with van der Waals surface area (Å²) in [6.07, 6.45) is 2.30. The average molecular weight is 419 g/mol. The average Bonchev–Trinajstić information content (AvgIpc) is 2.97. The number of anilines is 1. The van der Waals surface area contributed by atoms with E-state index >= 15 is 0 Å². The van der Waals surface area contributed by atoms with E-state index in [0.717, 1.165) is 17.7 Å². The fourth-order valence-electron chi connectivity index (χ4n) is 3.90. The molecule has 0 spiro atoms. The minimum Gasteiger partial charge on any atom is -0.389 e. The van der Waals surface area contributed by atoms with Crippen LogP contribution in [0, 0.1) is 5.82 Å². The molecule has 3 atom stereocenters. The molecule has 2 aliphatic rings. The maximum absolute atomic E-state index is 14.9. The molecule has 4 rings (SSSR count). The van der Waals surface area contributed by atoms with Crippen LogP contribution in [0.5, 0.6) is 0 Å². The van der Waals surface area contributed by atoms with E-state index in [1.165, 1.54) is 12.3 Å². The van der Waals surface area contributed by atoms with Gasteiger partial charge in [0.15, 0.2) is 0 Å². The molecule has 0 unspecified atom stereocenters. The molecule has 2 aliphatic heterocycles. The summed E-state index contributed by atoms with van der Waals surface area (Å²) in [4.78, 5) is 13.2. The number of aliphatic hydroxyl groups is 1. The quantitative estimate of drug-likeness (QED) is 0.775. The second-order valence-electron chi connectivity index (χ2n) is 7.81. The summed E-state index contributed by atoms with van der Waals surface area (Å²) in [5.74, 6) is -0.0556. The third-order valence-corrected chi connectivity index (χ3v) is 6.38. The highest BCUT2D eigenvalue weighted by Crippen LogP contribution is 2.45. The number of fused-ring (bicyclic) bond motifs is 1. The van der Waals surface area contributed by atoms with E-state index in [9.17, 15) is 9.50 Å². The largest absolute Gasteiger partial charge is 0.389 e. The Morgan fingerprint density at radius 2 is 2.21 bits per heavy atom. The van der Waals surface area contributed by atoms with Gasteiger partial charge in [-0.15, -0.1) is 0 Å². The van der Waals surface area contributed by atoms with Gasteiger partial charge in [-0.3, -0.25) is 4.99 Å². The standard InChI is InChI=1S/C21H24ClFN4O2/c1-4-21(3)11(2)25-19-13(21)7-12(8-15(19)23)18-14(22)9-24-20(27-18)26-16-5-6-29-10-17(16)28/h7-9,16-17,28H,4-6,10H2,1-3H3,(H,24,26,27)/t16-,17-,21+/m1/s1. The number of aliphatic imine (C=N–C) groups is 1. The fraction of sp³-hybridized carbons (Fsp3) is 0.476. The molecule has 0 aliphatic carbocycles. The zero-order chi connectivity index (χ0) is 20.8. The summed E-state index contributed by atoms with van der Waals surface area (Å²) in [5.41, 5.74) is 2.83. The molecule has 154 valence electrons. The van der Waals surface area contributed by atoms with Crippen molar-refractivity contribution in [2.45, 2.75) is 51.2 Å². The minimum absolute atomic E-state index is 0.214. The van der Waals surface area contributed by atoms with Crippen LogP contribution in [0.1, 0.15) is 39.2 Å². The molecular weight excluding hydrogens is 395 g/mol. The predicted octanol–water partition coefficient (Wildman–Crippen LogP) is 4.27. The normalized spacial score (nSPS) is 26.2. The number of hydrogen-bond donors (Lipinski definition) is 2. The first-order valence-corrected chi connectivity index (χ1v) is 10.2. The topological polar surface area (TPSA) is 79.6 Å². The number of rotatable bonds is 4. The number of aromatic nitrogens is 2. The molecule has 2 aromatic rings. The van der Waals surface area contributed by atoms with Crippen molar-refractivity contribution in [1.29, 1.82) is 0 Å². The van der Waals surface area contributed by atoms with Crippen molar-refractivity contribution in [3.8, 4) is 11.3 Å². The first-order chi connectivity index (χ1) is 13.8. The number of nitrogens with zero attached hydrogens (tertiary/aromatic N) is 3. The van der Waals surface area contributed by atoms with Crippen LogP contribution in [0.3, 0.4) is 0 Å². The lowest BCUT2D eigenvalue weighted by Crippen LogP contribution is -2.42. The molecule has 2 N–H and O–H groups in total. The Kier molecular flexibility index (Phi) is 5.31. The molecule has 1 fully saturated rings. The summed E-state index contributed by atoms with van der Waals surface area (Å²) in [6.45, 7) is 6.89. The van der Waals surface area contributed by atoms with Gasteiger partial charge in [0.1, 0.15) is 11.5 Å². The number of nitrogens with one attached hydrogen (secondary N) is 1. The molecule has 0 radical (unpaired) electrons. The van der Waals surface area contributed by atoms with E-state index in [1.54, 1.807) is 0 Å². The Morgan fingerprint density at radius 1 is 1.41 bits per heavy atom. The van der Waals surface area contributed by atoms with E-state index in [-0.39, 0.29) is 18.1 Å². The number of halogens is 2. The van der Waals surface area contributed by atoms with Gasteiger partial charge >= 0.3 is 0 Å². The van der Waals surface area contributed by atoms with Crippen LogP contribution in [0.15, 0.2) is 23.3 Å². The Labute approximate surface area is 174 Å². The molecule has 1 aromatic carbocycles. The molecule has 0 amide bonds. The van der Waals surface area contributed by atoms with Gasteiger partial charge < -0.3 is 15.2 Å². The molecule has 6 nitrogen and oxygen atoms in total. The van der Waals surface area contributed by atoms with E-state index in [0.29, 0.717) is 40.9 Å². The lowest BCUT2D eigenvalue weighted by Gasteiger charge is -2.28. The molecule has 29 heavy (non-hydrogen) atoms. The van der Waals surface area contributed by atoms with Gasteiger partial charge in [0.25, 0.3) is 0 Å². The van der Waals surface area contributed by atoms with Crippen molar-refractivity contribution in [2.24, 2.45) is 4.99 Å². The van der Waals surface area contributed by atoms with Crippen LogP contribution in [-0.4, -0.2) is 46.1 Å². The lowest BCUT2D eigenvalue weighted by molar-refractivity contribution is -0.0136. The van der Waals surface area contributed by atoms with E-state index < -0.39 is 11.9 Å². The first kappa shape index (κ1) is 20.2. The molecule has 0 saturated carbocycles.